The van der Waals surface area contributed by atoms with Crippen LogP contribution in [0, 0.1) is 6.92 Å². The SMILES string of the molecule is COCCNCc1nc(-c2ncc(C)cn2)no1. The van der Waals surface area contributed by atoms with Gasteiger partial charge in [-0.25, -0.2) is 9.97 Å². The van der Waals surface area contributed by atoms with Gasteiger partial charge in [0, 0.05) is 26.0 Å². The number of hydrogen-bond donors (Lipinski definition) is 1. The van der Waals surface area contributed by atoms with Crippen molar-refractivity contribution in [3.8, 4) is 11.6 Å². The predicted octanol–water partition coefficient (Wildman–Crippen LogP) is 0.571. The number of nitrogens with zero attached hydrogens (tertiary/aromatic N) is 4. The normalized spacial score (nSPS) is 10.8. The van der Waals surface area contributed by atoms with Crippen LogP contribution < -0.4 is 5.32 Å². The van der Waals surface area contributed by atoms with Crippen LogP contribution in [0.5, 0.6) is 0 Å². The van der Waals surface area contributed by atoms with Crippen molar-refractivity contribution < 1.29 is 9.26 Å². The molecule has 2 heterocycles. The summed E-state index contributed by atoms with van der Waals surface area (Å²) in [6.45, 7) is 3.80. The van der Waals surface area contributed by atoms with Crippen LogP contribution in [0.3, 0.4) is 0 Å². The second kappa shape index (κ2) is 6.18. The molecule has 2 aromatic heterocycles. The first-order chi connectivity index (χ1) is 8.79. The fraction of sp³-hybridized carbons (Fsp3) is 0.455. The van der Waals surface area contributed by atoms with Gasteiger partial charge in [-0.1, -0.05) is 5.16 Å². The van der Waals surface area contributed by atoms with E-state index in [2.05, 4.69) is 25.4 Å². The number of ether oxygens (including phenoxy) is 1. The van der Waals surface area contributed by atoms with Crippen LogP contribution in [0.2, 0.25) is 0 Å². The Labute approximate surface area is 105 Å². The van der Waals surface area contributed by atoms with Crippen LogP contribution in [0.1, 0.15) is 11.5 Å². The van der Waals surface area contributed by atoms with E-state index >= 15 is 0 Å². The molecule has 0 spiro atoms. The lowest BCUT2D eigenvalue weighted by Gasteiger charge is -1.98. The highest BCUT2D eigenvalue weighted by atomic mass is 16.5. The fourth-order valence-electron chi connectivity index (χ4n) is 1.30. The minimum absolute atomic E-state index is 0.401. The van der Waals surface area contributed by atoms with E-state index in [4.69, 9.17) is 9.26 Å². The Morgan fingerprint density at radius 1 is 1.28 bits per heavy atom. The number of nitrogens with one attached hydrogen (secondary N) is 1. The summed E-state index contributed by atoms with van der Waals surface area (Å²) in [6, 6.07) is 0. The predicted molar refractivity (Wildman–Crippen MR) is 63.6 cm³/mol. The number of aryl methyl sites for hydroxylation is 1. The smallest absolute Gasteiger partial charge is 0.241 e. The lowest BCUT2D eigenvalue weighted by Crippen LogP contribution is -2.18. The van der Waals surface area contributed by atoms with E-state index in [0.717, 1.165) is 12.1 Å². The number of rotatable bonds is 6. The van der Waals surface area contributed by atoms with Gasteiger partial charge in [-0.05, 0) is 12.5 Å². The summed E-state index contributed by atoms with van der Waals surface area (Å²) in [5.41, 5.74) is 0.990. The van der Waals surface area contributed by atoms with E-state index in [9.17, 15) is 0 Å². The minimum Gasteiger partial charge on any atom is -0.383 e. The quantitative estimate of drug-likeness (QED) is 0.749. The molecule has 0 atom stereocenters. The van der Waals surface area contributed by atoms with Crippen LogP contribution in [0.4, 0.5) is 0 Å². The van der Waals surface area contributed by atoms with Crippen LogP contribution >= 0.6 is 0 Å². The average molecular weight is 249 g/mol. The zero-order valence-corrected chi connectivity index (χ0v) is 10.4. The fourth-order valence-corrected chi connectivity index (χ4v) is 1.30. The Kier molecular flexibility index (Phi) is 4.32. The zero-order chi connectivity index (χ0) is 12.8. The topological polar surface area (TPSA) is 86.0 Å². The lowest BCUT2D eigenvalue weighted by atomic mass is 10.4. The molecule has 0 amide bonds. The standard InChI is InChI=1S/C11H15N5O2/c1-8-5-13-10(14-6-8)11-15-9(18-16-11)7-12-3-4-17-2/h5-6,12H,3-4,7H2,1-2H3. The molecule has 0 aliphatic rings. The molecule has 0 saturated carbocycles. The zero-order valence-electron chi connectivity index (χ0n) is 10.4. The molecule has 2 rings (SSSR count). The van der Waals surface area contributed by atoms with Crippen molar-refractivity contribution >= 4 is 0 Å². The molecule has 0 unspecified atom stereocenters. The number of hydrogen-bond acceptors (Lipinski definition) is 7. The third-order valence-corrected chi connectivity index (χ3v) is 2.21. The van der Waals surface area contributed by atoms with Gasteiger partial charge in [0.2, 0.25) is 17.5 Å². The van der Waals surface area contributed by atoms with E-state index in [1.165, 1.54) is 0 Å². The lowest BCUT2D eigenvalue weighted by molar-refractivity contribution is 0.197. The van der Waals surface area contributed by atoms with Crippen molar-refractivity contribution in [2.75, 3.05) is 20.3 Å². The molecule has 18 heavy (non-hydrogen) atoms. The second-order valence-electron chi connectivity index (χ2n) is 3.77. The van der Waals surface area contributed by atoms with Gasteiger partial charge in [-0.2, -0.15) is 4.98 Å². The van der Waals surface area contributed by atoms with Gasteiger partial charge in [-0.3, -0.25) is 0 Å². The first-order valence-electron chi connectivity index (χ1n) is 5.61. The van der Waals surface area contributed by atoms with Crippen LogP contribution in [-0.2, 0) is 11.3 Å². The summed E-state index contributed by atoms with van der Waals surface area (Å²) >= 11 is 0. The molecule has 0 bridgehead atoms. The molecule has 0 radical (unpaired) electrons. The van der Waals surface area contributed by atoms with E-state index < -0.39 is 0 Å². The molecule has 7 nitrogen and oxygen atoms in total. The molecule has 0 aromatic carbocycles. The third-order valence-electron chi connectivity index (χ3n) is 2.21. The molecule has 0 aliphatic heterocycles. The summed E-state index contributed by atoms with van der Waals surface area (Å²) in [7, 11) is 1.65. The Bertz CT molecular complexity index is 482. The monoisotopic (exact) mass is 249 g/mol. The Balaban J connectivity index is 1.95. The maximum Gasteiger partial charge on any atom is 0.241 e. The highest BCUT2D eigenvalue weighted by Crippen LogP contribution is 2.09. The highest BCUT2D eigenvalue weighted by Gasteiger charge is 2.10. The van der Waals surface area contributed by atoms with E-state index in [0.29, 0.717) is 30.7 Å². The van der Waals surface area contributed by atoms with E-state index in [-0.39, 0.29) is 0 Å². The summed E-state index contributed by atoms with van der Waals surface area (Å²) in [6.07, 6.45) is 3.43. The van der Waals surface area contributed by atoms with Crippen molar-refractivity contribution in [3.05, 3.63) is 23.8 Å². The second-order valence-corrected chi connectivity index (χ2v) is 3.77. The number of methoxy groups -OCH3 is 1. The first kappa shape index (κ1) is 12.6. The van der Waals surface area contributed by atoms with Gasteiger partial charge in [0.25, 0.3) is 0 Å². The first-order valence-corrected chi connectivity index (χ1v) is 5.61. The molecular formula is C11H15N5O2. The molecule has 96 valence electrons. The van der Waals surface area contributed by atoms with Crippen molar-refractivity contribution in [2.24, 2.45) is 0 Å². The molecule has 0 saturated heterocycles. The van der Waals surface area contributed by atoms with E-state index in [1.54, 1.807) is 19.5 Å². The van der Waals surface area contributed by atoms with Crippen molar-refractivity contribution in [1.82, 2.24) is 25.4 Å². The Morgan fingerprint density at radius 3 is 2.78 bits per heavy atom. The van der Waals surface area contributed by atoms with Crippen LogP contribution in [0.25, 0.3) is 11.6 Å². The van der Waals surface area contributed by atoms with Gasteiger partial charge in [0.1, 0.15) is 0 Å². The molecule has 2 aromatic rings. The molecule has 1 N–H and O–H groups in total. The van der Waals surface area contributed by atoms with Gasteiger partial charge >= 0.3 is 0 Å². The molecule has 0 aliphatic carbocycles. The molecular weight excluding hydrogens is 234 g/mol. The van der Waals surface area contributed by atoms with Gasteiger partial charge < -0.3 is 14.6 Å². The van der Waals surface area contributed by atoms with E-state index in [1.807, 2.05) is 6.92 Å². The summed E-state index contributed by atoms with van der Waals surface area (Å²) in [5.74, 6) is 1.37. The Hall–Kier alpha value is -1.86. The average Bonchev–Trinajstić information content (AvgIpc) is 2.84. The van der Waals surface area contributed by atoms with Crippen molar-refractivity contribution in [3.63, 3.8) is 0 Å². The summed E-state index contributed by atoms with van der Waals surface area (Å²) in [5, 5.41) is 6.95. The Morgan fingerprint density at radius 2 is 2.06 bits per heavy atom. The van der Waals surface area contributed by atoms with Gasteiger partial charge in [0.05, 0.1) is 13.2 Å². The van der Waals surface area contributed by atoms with Crippen LogP contribution in [-0.4, -0.2) is 40.4 Å². The molecule has 0 fully saturated rings. The summed E-state index contributed by atoms with van der Waals surface area (Å²) < 4.78 is 10.0. The third kappa shape index (κ3) is 3.31. The van der Waals surface area contributed by atoms with Crippen LogP contribution in [0.15, 0.2) is 16.9 Å². The van der Waals surface area contributed by atoms with Gasteiger partial charge in [-0.15, -0.1) is 0 Å². The van der Waals surface area contributed by atoms with Gasteiger partial charge in [0.15, 0.2) is 0 Å². The largest absolute Gasteiger partial charge is 0.383 e. The molecule has 7 heteroatoms. The minimum atomic E-state index is 0.401. The van der Waals surface area contributed by atoms with Crippen molar-refractivity contribution in [2.45, 2.75) is 13.5 Å². The van der Waals surface area contributed by atoms with Crippen molar-refractivity contribution in [1.29, 1.82) is 0 Å². The summed E-state index contributed by atoms with van der Waals surface area (Å²) in [4.78, 5) is 12.5. The number of aromatic nitrogens is 4. The maximum atomic E-state index is 5.09. The highest BCUT2D eigenvalue weighted by molar-refractivity contribution is 5.40. The maximum absolute atomic E-state index is 5.09.